The number of amides is 1. The molecule has 3 N–H and O–H groups in total. The van der Waals surface area contributed by atoms with Gasteiger partial charge in [0.05, 0.1) is 11.2 Å². The summed E-state index contributed by atoms with van der Waals surface area (Å²) >= 11 is 1.31. The summed E-state index contributed by atoms with van der Waals surface area (Å²) in [4.78, 5) is 18.0. The zero-order valence-corrected chi connectivity index (χ0v) is 9.99. The van der Waals surface area contributed by atoms with E-state index in [4.69, 9.17) is 10.9 Å². The molecule has 1 aromatic rings. The second-order valence-corrected chi connectivity index (χ2v) is 4.19. The van der Waals surface area contributed by atoms with Crippen molar-refractivity contribution in [3.05, 3.63) is 16.1 Å². The summed E-state index contributed by atoms with van der Waals surface area (Å²) in [7, 11) is 1.67. The molecule has 0 aliphatic rings. The third-order valence-corrected chi connectivity index (χ3v) is 3.03. The maximum absolute atomic E-state index is 11.9. The lowest BCUT2D eigenvalue weighted by atomic mass is 10.3. The van der Waals surface area contributed by atoms with Gasteiger partial charge in [-0.05, 0) is 6.92 Å². The van der Waals surface area contributed by atoms with Crippen LogP contribution >= 0.6 is 11.3 Å². The van der Waals surface area contributed by atoms with E-state index in [0.29, 0.717) is 17.8 Å². The van der Waals surface area contributed by atoms with Crippen LogP contribution in [0.25, 0.3) is 0 Å². The standard InChI is InChI=1S/C9H14N4O2S/c1-6-8(16-5-11-6)9(14)13(2)4-3-7(10)12-15/h5,15H,3-4H2,1-2H3,(H2,10,12). The first-order valence-corrected chi connectivity index (χ1v) is 5.56. The van der Waals surface area contributed by atoms with Gasteiger partial charge in [0.25, 0.3) is 5.91 Å². The average molecular weight is 242 g/mol. The Morgan fingerprint density at radius 1 is 1.75 bits per heavy atom. The van der Waals surface area contributed by atoms with Crippen LogP contribution in [0, 0.1) is 6.92 Å². The van der Waals surface area contributed by atoms with Gasteiger partial charge >= 0.3 is 0 Å². The molecular weight excluding hydrogens is 228 g/mol. The molecule has 1 rings (SSSR count). The molecule has 1 amide bonds. The number of thiazole rings is 1. The molecule has 0 aromatic carbocycles. The Labute approximate surface area is 97.4 Å². The highest BCUT2D eigenvalue weighted by Crippen LogP contribution is 2.14. The Morgan fingerprint density at radius 2 is 2.44 bits per heavy atom. The topological polar surface area (TPSA) is 91.8 Å². The van der Waals surface area contributed by atoms with Crippen molar-refractivity contribution in [2.24, 2.45) is 10.9 Å². The highest BCUT2D eigenvalue weighted by atomic mass is 32.1. The Hall–Kier alpha value is -1.63. The molecule has 0 aliphatic heterocycles. The molecule has 0 aliphatic carbocycles. The first kappa shape index (κ1) is 12.4. The summed E-state index contributed by atoms with van der Waals surface area (Å²) in [6.07, 6.45) is 0.344. The number of carbonyl (C=O) groups excluding carboxylic acids is 1. The second kappa shape index (κ2) is 5.45. The largest absolute Gasteiger partial charge is 0.409 e. The van der Waals surface area contributed by atoms with E-state index in [1.807, 2.05) is 0 Å². The summed E-state index contributed by atoms with van der Waals surface area (Å²) < 4.78 is 0. The molecule has 0 saturated heterocycles. The Kier molecular flexibility index (Phi) is 4.24. The molecule has 0 unspecified atom stereocenters. The van der Waals surface area contributed by atoms with E-state index in [1.54, 1.807) is 19.5 Å². The van der Waals surface area contributed by atoms with Crippen molar-refractivity contribution >= 4 is 23.1 Å². The summed E-state index contributed by atoms with van der Waals surface area (Å²) in [6.45, 7) is 2.20. The number of rotatable bonds is 4. The minimum absolute atomic E-state index is 0.0919. The number of oxime groups is 1. The lowest BCUT2D eigenvalue weighted by Gasteiger charge is -2.15. The van der Waals surface area contributed by atoms with Gasteiger partial charge < -0.3 is 15.8 Å². The maximum atomic E-state index is 11.9. The summed E-state index contributed by atoms with van der Waals surface area (Å²) in [5.74, 6) is 0.0198. The van der Waals surface area contributed by atoms with Crippen molar-refractivity contribution in [3.8, 4) is 0 Å². The fourth-order valence-corrected chi connectivity index (χ4v) is 1.91. The molecule has 88 valence electrons. The zero-order chi connectivity index (χ0) is 12.1. The minimum atomic E-state index is -0.0919. The van der Waals surface area contributed by atoms with E-state index < -0.39 is 0 Å². The van der Waals surface area contributed by atoms with Gasteiger partial charge in [0, 0.05) is 20.0 Å². The number of aromatic nitrogens is 1. The number of hydrogen-bond acceptors (Lipinski definition) is 5. The smallest absolute Gasteiger partial charge is 0.265 e. The van der Waals surface area contributed by atoms with Crippen LogP contribution in [0.5, 0.6) is 0 Å². The van der Waals surface area contributed by atoms with E-state index in [9.17, 15) is 4.79 Å². The number of aryl methyl sites for hydroxylation is 1. The van der Waals surface area contributed by atoms with E-state index in [1.165, 1.54) is 16.2 Å². The molecular formula is C9H14N4O2S. The molecule has 0 atom stereocenters. The first-order valence-electron chi connectivity index (χ1n) is 4.68. The van der Waals surface area contributed by atoms with Crippen LogP contribution in [0.4, 0.5) is 0 Å². The molecule has 0 spiro atoms. The van der Waals surface area contributed by atoms with E-state index in [-0.39, 0.29) is 11.7 Å². The maximum Gasteiger partial charge on any atom is 0.265 e. The quantitative estimate of drug-likeness (QED) is 0.351. The highest BCUT2D eigenvalue weighted by Gasteiger charge is 2.16. The predicted molar refractivity (Wildman–Crippen MR) is 61.8 cm³/mol. The normalized spacial score (nSPS) is 11.5. The van der Waals surface area contributed by atoms with Gasteiger partial charge in [0.2, 0.25) is 0 Å². The monoisotopic (exact) mass is 242 g/mol. The molecule has 1 heterocycles. The fourth-order valence-electron chi connectivity index (χ4n) is 1.11. The number of carbonyl (C=O) groups is 1. The predicted octanol–water partition coefficient (Wildman–Crippen LogP) is 0.660. The van der Waals surface area contributed by atoms with Gasteiger partial charge in [-0.3, -0.25) is 4.79 Å². The zero-order valence-electron chi connectivity index (χ0n) is 9.17. The Balaban J connectivity index is 2.58. The van der Waals surface area contributed by atoms with Crippen LogP contribution in [0.3, 0.4) is 0 Å². The first-order chi connectivity index (χ1) is 7.56. The van der Waals surface area contributed by atoms with Crippen LogP contribution in [-0.2, 0) is 0 Å². The van der Waals surface area contributed by atoms with E-state index >= 15 is 0 Å². The molecule has 1 aromatic heterocycles. The minimum Gasteiger partial charge on any atom is -0.409 e. The van der Waals surface area contributed by atoms with Crippen molar-refractivity contribution in [2.45, 2.75) is 13.3 Å². The van der Waals surface area contributed by atoms with Crippen LogP contribution in [0.1, 0.15) is 21.8 Å². The fraction of sp³-hybridized carbons (Fsp3) is 0.444. The van der Waals surface area contributed by atoms with E-state index in [0.717, 1.165) is 5.69 Å². The average Bonchev–Trinajstić information content (AvgIpc) is 2.70. The molecule has 0 radical (unpaired) electrons. The van der Waals surface area contributed by atoms with Gasteiger partial charge in [-0.1, -0.05) is 5.16 Å². The van der Waals surface area contributed by atoms with Crippen molar-refractivity contribution in [3.63, 3.8) is 0 Å². The number of hydrogen-bond donors (Lipinski definition) is 2. The van der Waals surface area contributed by atoms with Crippen LogP contribution in [-0.4, -0.2) is 40.4 Å². The van der Waals surface area contributed by atoms with Crippen LogP contribution < -0.4 is 5.73 Å². The molecule has 0 saturated carbocycles. The van der Waals surface area contributed by atoms with Crippen LogP contribution in [0.2, 0.25) is 0 Å². The van der Waals surface area contributed by atoms with Gasteiger partial charge in [-0.15, -0.1) is 11.3 Å². The molecule has 6 nitrogen and oxygen atoms in total. The van der Waals surface area contributed by atoms with Crippen molar-refractivity contribution in [1.29, 1.82) is 0 Å². The SMILES string of the molecule is Cc1ncsc1C(=O)N(C)CC/C(N)=N/O. The Morgan fingerprint density at radius 3 is 2.94 bits per heavy atom. The summed E-state index contributed by atoms with van der Waals surface area (Å²) in [5, 5.41) is 11.2. The molecule has 0 fully saturated rings. The number of nitrogens with zero attached hydrogens (tertiary/aromatic N) is 3. The lowest BCUT2D eigenvalue weighted by molar-refractivity contribution is 0.0802. The van der Waals surface area contributed by atoms with Gasteiger partial charge in [0.1, 0.15) is 10.7 Å². The van der Waals surface area contributed by atoms with E-state index in [2.05, 4.69) is 10.1 Å². The molecule has 7 heteroatoms. The molecule has 0 bridgehead atoms. The Bertz CT molecular complexity index is 402. The summed E-state index contributed by atoms with van der Waals surface area (Å²) in [5.41, 5.74) is 7.69. The van der Waals surface area contributed by atoms with Crippen molar-refractivity contribution < 1.29 is 10.0 Å². The lowest BCUT2D eigenvalue weighted by Crippen LogP contribution is -2.30. The highest BCUT2D eigenvalue weighted by molar-refractivity contribution is 7.11. The molecule has 16 heavy (non-hydrogen) atoms. The third-order valence-electron chi connectivity index (χ3n) is 2.12. The van der Waals surface area contributed by atoms with Crippen LogP contribution in [0.15, 0.2) is 10.7 Å². The number of amidine groups is 1. The van der Waals surface area contributed by atoms with Gasteiger partial charge in [0.15, 0.2) is 0 Å². The van der Waals surface area contributed by atoms with Gasteiger partial charge in [-0.25, -0.2) is 4.98 Å². The summed E-state index contributed by atoms with van der Waals surface area (Å²) in [6, 6.07) is 0. The second-order valence-electron chi connectivity index (χ2n) is 3.33. The van der Waals surface area contributed by atoms with Crippen molar-refractivity contribution in [2.75, 3.05) is 13.6 Å². The van der Waals surface area contributed by atoms with Gasteiger partial charge in [-0.2, -0.15) is 0 Å². The van der Waals surface area contributed by atoms with Crippen molar-refractivity contribution in [1.82, 2.24) is 9.88 Å². The third kappa shape index (κ3) is 2.93. The number of nitrogens with two attached hydrogens (primary N) is 1.